The van der Waals surface area contributed by atoms with Crippen molar-refractivity contribution >= 4 is 29.0 Å². The van der Waals surface area contributed by atoms with Gasteiger partial charge >= 0.3 is 12.0 Å². The van der Waals surface area contributed by atoms with Gasteiger partial charge in [-0.25, -0.2) is 9.59 Å². The highest BCUT2D eigenvalue weighted by atomic mass is 32.1. The van der Waals surface area contributed by atoms with Crippen molar-refractivity contribution in [3.8, 4) is 11.8 Å². The van der Waals surface area contributed by atoms with Gasteiger partial charge in [0.1, 0.15) is 0 Å². The summed E-state index contributed by atoms with van der Waals surface area (Å²) in [5.41, 5.74) is 3.26. The van der Waals surface area contributed by atoms with Gasteiger partial charge in [0.2, 0.25) is 0 Å². The molecule has 0 bridgehead atoms. The van der Waals surface area contributed by atoms with Crippen LogP contribution >= 0.6 is 11.3 Å². The molecule has 0 saturated heterocycles. The second-order valence-electron chi connectivity index (χ2n) is 7.09. The molecule has 1 aromatic heterocycles. The Bertz CT molecular complexity index is 1140. The highest BCUT2D eigenvalue weighted by Gasteiger charge is 2.30. The molecule has 6 heteroatoms. The van der Waals surface area contributed by atoms with E-state index in [1.165, 1.54) is 5.56 Å². The van der Waals surface area contributed by atoms with Crippen LogP contribution in [0.25, 0.3) is 0 Å². The number of carboxylic acid groups (broad SMARTS) is 1. The van der Waals surface area contributed by atoms with Crippen molar-refractivity contribution in [3.63, 3.8) is 0 Å². The zero-order valence-electron chi connectivity index (χ0n) is 16.4. The monoisotopic (exact) mass is 416 g/mol. The van der Waals surface area contributed by atoms with Gasteiger partial charge in [-0.3, -0.25) is 4.90 Å². The van der Waals surface area contributed by atoms with Crippen LogP contribution in [-0.4, -0.2) is 24.2 Å². The van der Waals surface area contributed by atoms with Crippen molar-refractivity contribution in [2.45, 2.75) is 18.9 Å². The number of carbonyl (C=O) groups excluding carboxylic acids is 1. The number of hydrogen-bond acceptors (Lipinski definition) is 3. The number of rotatable bonds is 4. The lowest BCUT2D eigenvalue weighted by atomic mass is 10.0. The van der Waals surface area contributed by atoms with Gasteiger partial charge in [0.15, 0.2) is 0 Å². The number of urea groups is 1. The first-order chi connectivity index (χ1) is 14.5. The Kier molecular flexibility index (Phi) is 5.55. The van der Waals surface area contributed by atoms with E-state index in [-0.39, 0.29) is 17.6 Å². The SMILES string of the molecule is CN1C(=O)NC(Cc2ccc(C(=O)O)cc2)c2sc(C#CCc3ccccc3)cc21. The predicted molar refractivity (Wildman–Crippen MR) is 118 cm³/mol. The molecule has 0 radical (unpaired) electrons. The second kappa shape index (κ2) is 8.44. The highest BCUT2D eigenvalue weighted by Crippen LogP contribution is 2.39. The number of nitrogens with one attached hydrogen (secondary N) is 1. The molecule has 3 aromatic rings. The molecule has 0 spiro atoms. The lowest BCUT2D eigenvalue weighted by Gasteiger charge is -2.30. The van der Waals surface area contributed by atoms with E-state index in [4.69, 9.17) is 5.11 Å². The normalized spacial score (nSPS) is 15.0. The number of nitrogens with zero attached hydrogens (tertiary/aromatic N) is 1. The van der Waals surface area contributed by atoms with Crippen LogP contribution in [0.2, 0.25) is 0 Å². The van der Waals surface area contributed by atoms with Crippen LogP contribution in [0.4, 0.5) is 10.5 Å². The number of carbonyl (C=O) groups is 2. The summed E-state index contributed by atoms with van der Waals surface area (Å²) in [5.74, 6) is 5.49. The maximum Gasteiger partial charge on any atom is 0.335 e. The van der Waals surface area contributed by atoms with Gasteiger partial charge in [-0.15, -0.1) is 11.3 Å². The number of thiophene rings is 1. The van der Waals surface area contributed by atoms with Crippen molar-refractivity contribution in [2.75, 3.05) is 11.9 Å². The van der Waals surface area contributed by atoms with Crippen LogP contribution in [0.1, 0.15) is 37.3 Å². The fourth-order valence-electron chi connectivity index (χ4n) is 3.38. The minimum absolute atomic E-state index is 0.156. The Morgan fingerprint density at radius 3 is 2.57 bits per heavy atom. The van der Waals surface area contributed by atoms with Crippen LogP contribution in [0, 0.1) is 11.8 Å². The minimum Gasteiger partial charge on any atom is -0.478 e. The van der Waals surface area contributed by atoms with Crippen LogP contribution in [0.5, 0.6) is 0 Å². The summed E-state index contributed by atoms with van der Waals surface area (Å²) in [6.45, 7) is 0. The number of amides is 2. The lowest BCUT2D eigenvalue weighted by molar-refractivity contribution is 0.0697. The molecule has 0 fully saturated rings. The number of benzene rings is 2. The van der Waals surface area contributed by atoms with Crippen LogP contribution in [0.15, 0.2) is 60.7 Å². The summed E-state index contributed by atoms with van der Waals surface area (Å²) < 4.78 is 0. The number of hydrogen-bond donors (Lipinski definition) is 2. The maximum absolute atomic E-state index is 12.4. The molecule has 5 nitrogen and oxygen atoms in total. The first kappa shape index (κ1) is 19.7. The van der Waals surface area contributed by atoms with E-state index >= 15 is 0 Å². The van der Waals surface area contributed by atoms with Crippen LogP contribution in [0.3, 0.4) is 0 Å². The zero-order chi connectivity index (χ0) is 21.1. The predicted octanol–water partition coefficient (Wildman–Crippen LogP) is 4.48. The summed E-state index contributed by atoms with van der Waals surface area (Å²) in [6, 6.07) is 18.5. The van der Waals surface area contributed by atoms with E-state index in [0.29, 0.717) is 12.8 Å². The third-order valence-electron chi connectivity index (χ3n) is 5.01. The summed E-state index contributed by atoms with van der Waals surface area (Å²) >= 11 is 1.59. The van der Waals surface area contributed by atoms with Crippen LogP contribution in [-0.2, 0) is 12.8 Å². The largest absolute Gasteiger partial charge is 0.478 e. The zero-order valence-corrected chi connectivity index (χ0v) is 17.2. The molecule has 1 atom stereocenters. The molecule has 30 heavy (non-hydrogen) atoms. The summed E-state index contributed by atoms with van der Waals surface area (Å²) in [4.78, 5) is 27.1. The Balaban J connectivity index is 1.56. The molecular formula is C24H20N2O3S. The second-order valence-corrected chi connectivity index (χ2v) is 8.18. The van der Waals surface area contributed by atoms with Gasteiger partial charge in [-0.05, 0) is 35.7 Å². The molecule has 0 saturated carbocycles. The topological polar surface area (TPSA) is 69.6 Å². The number of anilines is 1. The van der Waals surface area contributed by atoms with Crippen molar-refractivity contribution in [2.24, 2.45) is 0 Å². The van der Waals surface area contributed by atoms with E-state index in [1.54, 1.807) is 47.5 Å². The molecular weight excluding hydrogens is 396 g/mol. The number of aromatic carboxylic acids is 1. The Hall–Kier alpha value is -3.56. The van der Waals surface area contributed by atoms with Crippen LogP contribution < -0.4 is 10.2 Å². The molecule has 2 N–H and O–H groups in total. The minimum atomic E-state index is -0.951. The molecule has 2 aromatic carbocycles. The standard InChI is InChI=1S/C24H20N2O3S/c1-26-21-15-19(9-5-8-16-6-3-2-4-7-16)30-22(21)20(25-24(26)29)14-17-10-12-18(13-11-17)23(27)28/h2-4,6-7,10-13,15,20H,8,14H2,1H3,(H,25,29)(H,27,28). The molecule has 1 aliphatic heterocycles. The third kappa shape index (κ3) is 4.22. The number of carboxylic acids is 1. The van der Waals surface area contributed by atoms with Crippen molar-refractivity contribution in [1.29, 1.82) is 0 Å². The average molecular weight is 417 g/mol. The molecule has 1 aliphatic rings. The van der Waals surface area contributed by atoms with E-state index in [2.05, 4.69) is 29.3 Å². The molecule has 150 valence electrons. The summed E-state index contributed by atoms with van der Waals surface area (Å²) in [7, 11) is 1.75. The van der Waals surface area contributed by atoms with Gasteiger partial charge in [-0.2, -0.15) is 0 Å². The fraction of sp³-hybridized carbons (Fsp3) is 0.167. The van der Waals surface area contributed by atoms with E-state index in [9.17, 15) is 9.59 Å². The molecule has 4 rings (SSSR count). The van der Waals surface area contributed by atoms with Gasteiger partial charge in [0.25, 0.3) is 0 Å². The molecule has 2 amide bonds. The summed E-state index contributed by atoms with van der Waals surface area (Å²) in [6.07, 6.45) is 1.26. The first-order valence-corrected chi connectivity index (χ1v) is 10.4. The highest BCUT2D eigenvalue weighted by molar-refractivity contribution is 7.13. The summed E-state index contributed by atoms with van der Waals surface area (Å²) in [5, 5.41) is 12.1. The maximum atomic E-state index is 12.4. The Morgan fingerprint density at radius 1 is 1.13 bits per heavy atom. The quantitative estimate of drug-likeness (QED) is 0.616. The van der Waals surface area contributed by atoms with Crippen molar-refractivity contribution < 1.29 is 14.7 Å². The first-order valence-electron chi connectivity index (χ1n) is 9.54. The molecule has 2 heterocycles. The van der Waals surface area contributed by atoms with E-state index < -0.39 is 5.97 Å². The van der Waals surface area contributed by atoms with Gasteiger partial charge in [0.05, 0.1) is 27.0 Å². The fourth-order valence-corrected chi connectivity index (χ4v) is 4.50. The van der Waals surface area contributed by atoms with Gasteiger partial charge < -0.3 is 10.4 Å². The van der Waals surface area contributed by atoms with Crippen molar-refractivity contribution in [1.82, 2.24) is 5.32 Å². The third-order valence-corrected chi connectivity index (χ3v) is 6.16. The Morgan fingerprint density at radius 2 is 1.87 bits per heavy atom. The molecule has 1 unspecified atom stereocenters. The van der Waals surface area contributed by atoms with Gasteiger partial charge in [-0.1, -0.05) is 54.3 Å². The van der Waals surface area contributed by atoms with E-state index in [1.807, 2.05) is 24.3 Å². The van der Waals surface area contributed by atoms with Crippen molar-refractivity contribution in [3.05, 3.63) is 87.1 Å². The number of fused-ring (bicyclic) bond motifs is 1. The lowest BCUT2D eigenvalue weighted by Crippen LogP contribution is -2.44. The van der Waals surface area contributed by atoms with E-state index in [0.717, 1.165) is 21.0 Å². The Labute approximate surface area is 179 Å². The molecule has 0 aliphatic carbocycles. The average Bonchev–Trinajstić information content (AvgIpc) is 3.18. The smallest absolute Gasteiger partial charge is 0.335 e. The van der Waals surface area contributed by atoms with Gasteiger partial charge in [0, 0.05) is 13.5 Å².